The van der Waals surface area contributed by atoms with Crippen LogP contribution in [0.3, 0.4) is 0 Å². The molecule has 0 fully saturated rings. The molecular weight excluding hydrogens is 365 g/mol. The number of hydrogen-bond donors (Lipinski definition) is 1. The number of aromatic nitrogens is 2. The zero-order valence-corrected chi connectivity index (χ0v) is 15.4. The number of carbonyl (C=O) groups is 1. The van der Waals surface area contributed by atoms with Gasteiger partial charge in [-0.05, 0) is 43.0 Å². The van der Waals surface area contributed by atoms with Crippen LogP contribution < -0.4 is 5.32 Å². The van der Waals surface area contributed by atoms with E-state index >= 15 is 0 Å². The fourth-order valence-electron chi connectivity index (χ4n) is 3.57. The summed E-state index contributed by atoms with van der Waals surface area (Å²) in [4.78, 5) is 12.5. The van der Waals surface area contributed by atoms with Gasteiger partial charge in [-0.3, -0.25) is 9.48 Å². The SMILES string of the molecule is O=C(NC1CCCc2c1cnn2Cc1ccccc1Cl)c1ccccc1F. The summed E-state index contributed by atoms with van der Waals surface area (Å²) in [7, 11) is 0. The Labute approximate surface area is 162 Å². The molecule has 1 heterocycles. The van der Waals surface area contributed by atoms with E-state index in [1.54, 1.807) is 18.3 Å². The molecule has 1 amide bonds. The van der Waals surface area contributed by atoms with Crippen LogP contribution in [0.2, 0.25) is 5.02 Å². The number of benzene rings is 2. The van der Waals surface area contributed by atoms with Crippen molar-refractivity contribution in [2.45, 2.75) is 31.8 Å². The average Bonchev–Trinajstić information content (AvgIpc) is 3.08. The molecule has 0 saturated carbocycles. The van der Waals surface area contributed by atoms with Crippen LogP contribution in [0.5, 0.6) is 0 Å². The smallest absolute Gasteiger partial charge is 0.254 e. The predicted octanol–water partition coefficient (Wildman–Crippen LogP) is 4.53. The van der Waals surface area contributed by atoms with E-state index in [4.69, 9.17) is 11.6 Å². The van der Waals surface area contributed by atoms with Crippen LogP contribution in [0, 0.1) is 5.82 Å². The molecule has 0 spiro atoms. The zero-order chi connectivity index (χ0) is 18.8. The van der Waals surface area contributed by atoms with Gasteiger partial charge < -0.3 is 5.32 Å². The maximum Gasteiger partial charge on any atom is 0.254 e. The van der Waals surface area contributed by atoms with Crippen molar-refractivity contribution in [2.75, 3.05) is 0 Å². The van der Waals surface area contributed by atoms with Crippen LogP contribution in [-0.2, 0) is 13.0 Å². The van der Waals surface area contributed by atoms with Gasteiger partial charge in [0.15, 0.2) is 0 Å². The molecule has 1 aliphatic rings. The molecular formula is C21H19ClFN3O. The highest BCUT2D eigenvalue weighted by Gasteiger charge is 2.26. The maximum absolute atomic E-state index is 13.9. The maximum atomic E-state index is 13.9. The normalized spacial score (nSPS) is 16.0. The van der Waals surface area contributed by atoms with Gasteiger partial charge in [-0.25, -0.2) is 4.39 Å². The molecule has 4 rings (SSSR count). The van der Waals surface area contributed by atoms with Crippen molar-refractivity contribution in [3.63, 3.8) is 0 Å². The number of hydrogen-bond acceptors (Lipinski definition) is 2. The molecule has 27 heavy (non-hydrogen) atoms. The van der Waals surface area contributed by atoms with Gasteiger partial charge in [0, 0.05) is 16.3 Å². The summed E-state index contributed by atoms with van der Waals surface area (Å²) in [6.07, 6.45) is 4.44. The number of amides is 1. The lowest BCUT2D eigenvalue weighted by molar-refractivity contribution is 0.0928. The molecule has 3 aromatic rings. The van der Waals surface area contributed by atoms with Crippen LogP contribution in [-0.4, -0.2) is 15.7 Å². The third-order valence-electron chi connectivity index (χ3n) is 4.96. The van der Waals surface area contributed by atoms with Crippen molar-refractivity contribution in [3.8, 4) is 0 Å². The van der Waals surface area contributed by atoms with Crippen LogP contribution >= 0.6 is 11.6 Å². The second-order valence-electron chi connectivity index (χ2n) is 6.69. The Morgan fingerprint density at radius 1 is 1.22 bits per heavy atom. The fourth-order valence-corrected chi connectivity index (χ4v) is 3.77. The molecule has 1 unspecified atom stereocenters. The van der Waals surface area contributed by atoms with E-state index in [-0.39, 0.29) is 11.6 Å². The number of rotatable bonds is 4. The van der Waals surface area contributed by atoms with E-state index in [2.05, 4.69) is 10.4 Å². The lowest BCUT2D eigenvalue weighted by Crippen LogP contribution is -2.31. The van der Waals surface area contributed by atoms with E-state index in [1.165, 1.54) is 12.1 Å². The van der Waals surface area contributed by atoms with Crippen LogP contribution in [0.1, 0.15) is 46.1 Å². The summed E-state index contributed by atoms with van der Waals surface area (Å²) < 4.78 is 15.8. The third-order valence-corrected chi connectivity index (χ3v) is 5.33. The molecule has 0 saturated heterocycles. The minimum Gasteiger partial charge on any atom is -0.345 e. The lowest BCUT2D eigenvalue weighted by Gasteiger charge is -2.24. The van der Waals surface area contributed by atoms with Gasteiger partial charge in [0.05, 0.1) is 24.3 Å². The van der Waals surface area contributed by atoms with Crippen LogP contribution in [0.15, 0.2) is 54.7 Å². The van der Waals surface area contributed by atoms with Crippen LogP contribution in [0.4, 0.5) is 4.39 Å². The Morgan fingerprint density at radius 3 is 2.81 bits per heavy atom. The molecule has 1 aromatic heterocycles. The number of nitrogens with one attached hydrogen (secondary N) is 1. The molecule has 1 N–H and O–H groups in total. The second-order valence-corrected chi connectivity index (χ2v) is 7.10. The quantitative estimate of drug-likeness (QED) is 0.719. The topological polar surface area (TPSA) is 46.9 Å². The average molecular weight is 384 g/mol. The molecule has 0 radical (unpaired) electrons. The van der Waals surface area contributed by atoms with Crippen molar-refractivity contribution in [1.82, 2.24) is 15.1 Å². The van der Waals surface area contributed by atoms with Gasteiger partial charge in [-0.1, -0.05) is 41.9 Å². The molecule has 4 nitrogen and oxygen atoms in total. The monoisotopic (exact) mass is 383 g/mol. The first-order chi connectivity index (χ1) is 13.1. The molecule has 1 atom stereocenters. The summed E-state index contributed by atoms with van der Waals surface area (Å²) in [6.45, 7) is 0.586. The number of carbonyl (C=O) groups excluding carboxylic acids is 1. The van der Waals surface area contributed by atoms with E-state index in [0.29, 0.717) is 11.6 Å². The van der Waals surface area contributed by atoms with Gasteiger partial charge in [0.1, 0.15) is 5.82 Å². The molecule has 0 aliphatic heterocycles. The van der Waals surface area contributed by atoms with E-state index in [1.807, 2.05) is 28.9 Å². The summed E-state index contributed by atoms with van der Waals surface area (Å²) >= 11 is 6.27. The van der Waals surface area contributed by atoms with Crippen molar-refractivity contribution < 1.29 is 9.18 Å². The van der Waals surface area contributed by atoms with Gasteiger partial charge in [-0.2, -0.15) is 5.10 Å². The molecule has 1 aliphatic carbocycles. The molecule has 2 aromatic carbocycles. The number of fused-ring (bicyclic) bond motifs is 1. The largest absolute Gasteiger partial charge is 0.345 e. The predicted molar refractivity (Wildman–Crippen MR) is 102 cm³/mol. The Morgan fingerprint density at radius 2 is 2.00 bits per heavy atom. The van der Waals surface area contributed by atoms with E-state index < -0.39 is 11.7 Å². The van der Waals surface area contributed by atoms with Gasteiger partial charge in [0.2, 0.25) is 0 Å². The molecule has 138 valence electrons. The Bertz CT molecular complexity index is 985. The first kappa shape index (κ1) is 17.7. The summed E-state index contributed by atoms with van der Waals surface area (Å²) in [5.74, 6) is -0.912. The van der Waals surface area contributed by atoms with Gasteiger partial charge in [-0.15, -0.1) is 0 Å². The Hall–Kier alpha value is -2.66. The summed E-state index contributed by atoms with van der Waals surface area (Å²) in [5, 5.41) is 8.19. The summed E-state index contributed by atoms with van der Waals surface area (Å²) in [5.41, 5.74) is 3.16. The Balaban J connectivity index is 1.56. The van der Waals surface area contributed by atoms with Crippen molar-refractivity contribution in [3.05, 3.63) is 88.0 Å². The number of halogens is 2. The Kier molecular flexibility index (Phi) is 4.94. The van der Waals surface area contributed by atoms with Crippen molar-refractivity contribution in [1.29, 1.82) is 0 Å². The molecule has 0 bridgehead atoms. The second kappa shape index (κ2) is 7.53. The minimum atomic E-state index is -0.513. The van der Waals surface area contributed by atoms with Crippen LogP contribution in [0.25, 0.3) is 0 Å². The highest BCUT2D eigenvalue weighted by atomic mass is 35.5. The fraction of sp³-hybridized carbons (Fsp3) is 0.238. The summed E-state index contributed by atoms with van der Waals surface area (Å²) in [6, 6.07) is 13.6. The van der Waals surface area contributed by atoms with Crippen molar-refractivity contribution in [2.24, 2.45) is 0 Å². The minimum absolute atomic E-state index is 0.0630. The zero-order valence-electron chi connectivity index (χ0n) is 14.7. The van der Waals surface area contributed by atoms with E-state index in [0.717, 1.165) is 36.1 Å². The lowest BCUT2D eigenvalue weighted by atomic mass is 9.92. The molecule has 6 heteroatoms. The first-order valence-corrected chi connectivity index (χ1v) is 9.34. The standard InChI is InChI=1S/C21H19ClFN3O/c22-17-8-3-1-6-14(17)13-26-20-11-5-10-19(16(20)12-24-26)25-21(27)15-7-2-4-9-18(15)23/h1-4,6-9,12,19H,5,10-11,13H2,(H,25,27). The van der Waals surface area contributed by atoms with Gasteiger partial charge >= 0.3 is 0 Å². The highest BCUT2D eigenvalue weighted by Crippen LogP contribution is 2.31. The first-order valence-electron chi connectivity index (χ1n) is 8.97. The highest BCUT2D eigenvalue weighted by molar-refractivity contribution is 6.31. The van der Waals surface area contributed by atoms with E-state index in [9.17, 15) is 9.18 Å². The van der Waals surface area contributed by atoms with Crippen molar-refractivity contribution >= 4 is 17.5 Å². The van der Waals surface area contributed by atoms with Gasteiger partial charge in [0.25, 0.3) is 5.91 Å². The third kappa shape index (κ3) is 3.60. The number of nitrogens with zero attached hydrogens (tertiary/aromatic N) is 2.